The van der Waals surface area contributed by atoms with Gasteiger partial charge in [0.05, 0.1) is 5.41 Å². The predicted molar refractivity (Wildman–Crippen MR) is 67.9 cm³/mol. The summed E-state index contributed by atoms with van der Waals surface area (Å²) in [7, 11) is 0. The fraction of sp³-hybridized carbons (Fsp3) is 0.533. The van der Waals surface area contributed by atoms with E-state index in [2.05, 4.69) is 0 Å². The molecule has 18 heavy (non-hydrogen) atoms. The molecule has 0 radical (unpaired) electrons. The Morgan fingerprint density at radius 1 is 1.06 bits per heavy atom. The van der Waals surface area contributed by atoms with Crippen LogP contribution in [0.4, 0.5) is 0 Å². The summed E-state index contributed by atoms with van der Waals surface area (Å²) in [6.45, 7) is 0. The Morgan fingerprint density at radius 3 is 2.28 bits per heavy atom. The molecule has 0 amide bonds. The molecule has 0 spiro atoms. The van der Waals surface area contributed by atoms with Gasteiger partial charge in [0.25, 0.3) is 0 Å². The molecule has 3 rings (SSSR count). The van der Waals surface area contributed by atoms with Crippen LogP contribution in [0.5, 0.6) is 5.75 Å². The molecule has 0 atom stereocenters. The first-order chi connectivity index (χ1) is 8.65. The Balaban J connectivity index is 2.15. The van der Waals surface area contributed by atoms with Crippen LogP contribution < -0.4 is 0 Å². The van der Waals surface area contributed by atoms with Gasteiger partial charge in [-0.15, -0.1) is 0 Å². The van der Waals surface area contributed by atoms with Crippen LogP contribution in [0.15, 0.2) is 12.1 Å². The smallest absolute Gasteiger partial charge is 0.314 e. The Morgan fingerprint density at radius 2 is 1.72 bits per heavy atom. The fourth-order valence-corrected chi connectivity index (χ4v) is 3.43. The van der Waals surface area contributed by atoms with Gasteiger partial charge in [-0.05, 0) is 61.3 Å². The number of aliphatic carboxylic acids is 1. The maximum atomic E-state index is 11.6. The number of phenolic OH excluding ortho intramolecular Hbond substituents is 1. The van der Waals surface area contributed by atoms with Crippen molar-refractivity contribution < 1.29 is 15.0 Å². The zero-order chi connectivity index (χ0) is 12.8. The number of carboxylic acid groups (broad SMARTS) is 1. The number of hydrogen-bond acceptors (Lipinski definition) is 2. The molecule has 96 valence electrons. The summed E-state index contributed by atoms with van der Waals surface area (Å²) >= 11 is 0. The molecule has 1 aromatic carbocycles. The van der Waals surface area contributed by atoms with Gasteiger partial charge in [-0.2, -0.15) is 0 Å². The van der Waals surface area contributed by atoms with Crippen molar-refractivity contribution in [2.24, 2.45) is 0 Å². The molecule has 1 fully saturated rings. The van der Waals surface area contributed by atoms with Crippen LogP contribution >= 0.6 is 0 Å². The summed E-state index contributed by atoms with van der Waals surface area (Å²) in [6.07, 6.45) is 6.43. The van der Waals surface area contributed by atoms with Crippen molar-refractivity contribution in [1.82, 2.24) is 0 Å². The minimum Gasteiger partial charge on any atom is -0.508 e. The van der Waals surface area contributed by atoms with Crippen molar-refractivity contribution in [3.8, 4) is 5.75 Å². The van der Waals surface area contributed by atoms with Crippen molar-refractivity contribution in [3.05, 3.63) is 28.8 Å². The first-order valence-corrected chi connectivity index (χ1v) is 6.73. The van der Waals surface area contributed by atoms with Crippen LogP contribution in [0.2, 0.25) is 0 Å². The van der Waals surface area contributed by atoms with Crippen LogP contribution in [-0.2, 0) is 23.1 Å². The predicted octanol–water partition coefficient (Wildman–Crippen LogP) is 2.78. The minimum absolute atomic E-state index is 0.341. The zero-order valence-electron chi connectivity index (χ0n) is 10.4. The lowest BCUT2D eigenvalue weighted by atomic mass is 9.62. The normalized spacial score (nSPS) is 20.9. The van der Waals surface area contributed by atoms with Gasteiger partial charge in [-0.1, -0.05) is 12.5 Å². The van der Waals surface area contributed by atoms with Crippen LogP contribution in [0.3, 0.4) is 0 Å². The van der Waals surface area contributed by atoms with E-state index in [4.69, 9.17) is 0 Å². The van der Waals surface area contributed by atoms with E-state index < -0.39 is 11.4 Å². The highest BCUT2D eigenvalue weighted by Crippen LogP contribution is 2.47. The first kappa shape index (κ1) is 11.6. The van der Waals surface area contributed by atoms with Gasteiger partial charge < -0.3 is 10.2 Å². The van der Waals surface area contributed by atoms with Crippen molar-refractivity contribution in [3.63, 3.8) is 0 Å². The molecule has 0 bridgehead atoms. The molecule has 3 nitrogen and oxygen atoms in total. The van der Waals surface area contributed by atoms with Gasteiger partial charge in [0.2, 0.25) is 0 Å². The van der Waals surface area contributed by atoms with E-state index in [0.29, 0.717) is 5.75 Å². The molecule has 0 aromatic heterocycles. The van der Waals surface area contributed by atoms with Crippen molar-refractivity contribution in [1.29, 1.82) is 0 Å². The number of rotatable bonds is 2. The van der Waals surface area contributed by atoms with Gasteiger partial charge in [0, 0.05) is 0 Å². The molecule has 2 N–H and O–H groups in total. The second kappa shape index (κ2) is 4.01. The number of hydrogen-bond donors (Lipinski definition) is 2. The van der Waals surface area contributed by atoms with Crippen LogP contribution in [0.25, 0.3) is 0 Å². The highest BCUT2D eigenvalue weighted by atomic mass is 16.4. The number of carbonyl (C=O) groups is 1. The van der Waals surface area contributed by atoms with E-state index in [1.54, 1.807) is 6.07 Å². The third-order valence-electron chi connectivity index (χ3n) is 4.64. The number of fused-ring (bicyclic) bond motifs is 1. The topological polar surface area (TPSA) is 57.5 Å². The minimum atomic E-state index is -0.702. The Hall–Kier alpha value is -1.51. The maximum Gasteiger partial charge on any atom is 0.314 e. The second-order valence-electron chi connectivity index (χ2n) is 5.54. The zero-order valence-corrected chi connectivity index (χ0v) is 10.4. The standard InChI is InChI=1S/C15H18O3/c16-13-7-6-12(10-4-1-2-5-11(10)13)15(14(17)18)8-3-9-15/h6-7,16H,1-5,8-9H2,(H,17,18). The number of carboxylic acids is 1. The molecule has 0 saturated heterocycles. The molecule has 0 aliphatic heterocycles. The Bertz CT molecular complexity index is 501. The molecule has 2 aliphatic carbocycles. The molecular formula is C15H18O3. The third-order valence-corrected chi connectivity index (χ3v) is 4.64. The lowest BCUT2D eigenvalue weighted by molar-refractivity contribution is -0.147. The maximum absolute atomic E-state index is 11.6. The van der Waals surface area contributed by atoms with Gasteiger partial charge in [-0.25, -0.2) is 0 Å². The molecule has 3 heteroatoms. The second-order valence-corrected chi connectivity index (χ2v) is 5.54. The van der Waals surface area contributed by atoms with Gasteiger partial charge >= 0.3 is 5.97 Å². The van der Waals surface area contributed by atoms with Gasteiger partial charge in [0.15, 0.2) is 0 Å². The molecule has 1 saturated carbocycles. The Kier molecular flexibility index (Phi) is 2.58. The highest BCUT2D eigenvalue weighted by Gasteiger charge is 2.47. The average molecular weight is 246 g/mol. The van der Waals surface area contributed by atoms with Crippen molar-refractivity contribution >= 4 is 5.97 Å². The van der Waals surface area contributed by atoms with Crippen LogP contribution in [0, 0.1) is 0 Å². The van der Waals surface area contributed by atoms with Gasteiger partial charge in [0.1, 0.15) is 5.75 Å². The lowest BCUT2D eigenvalue weighted by Crippen LogP contribution is -2.43. The summed E-state index contributed by atoms with van der Waals surface area (Å²) in [5.41, 5.74) is 2.40. The lowest BCUT2D eigenvalue weighted by Gasteiger charge is -2.40. The van der Waals surface area contributed by atoms with Gasteiger partial charge in [-0.3, -0.25) is 4.79 Å². The van der Waals surface area contributed by atoms with Crippen LogP contribution in [0.1, 0.15) is 48.8 Å². The summed E-state index contributed by atoms with van der Waals surface area (Å²) in [5, 5.41) is 19.5. The molecule has 0 unspecified atom stereocenters. The van der Waals surface area contributed by atoms with E-state index in [1.165, 1.54) is 0 Å². The summed E-state index contributed by atoms with van der Waals surface area (Å²) in [6, 6.07) is 3.52. The Labute approximate surface area is 106 Å². The van der Waals surface area contributed by atoms with E-state index in [-0.39, 0.29) is 0 Å². The van der Waals surface area contributed by atoms with E-state index in [0.717, 1.165) is 61.6 Å². The first-order valence-electron chi connectivity index (χ1n) is 6.73. The fourth-order valence-electron chi connectivity index (χ4n) is 3.43. The van der Waals surface area contributed by atoms with E-state index in [1.807, 2.05) is 6.07 Å². The molecule has 1 aromatic rings. The van der Waals surface area contributed by atoms with Crippen LogP contribution in [-0.4, -0.2) is 16.2 Å². The molecule has 0 heterocycles. The summed E-state index contributed by atoms with van der Waals surface area (Å²) in [5.74, 6) is -0.361. The largest absolute Gasteiger partial charge is 0.508 e. The molecule has 2 aliphatic rings. The monoisotopic (exact) mass is 246 g/mol. The molecular weight excluding hydrogens is 228 g/mol. The SMILES string of the molecule is O=C(O)C1(c2ccc(O)c3c2CCCC3)CCC1. The average Bonchev–Trinajstić information content (AvgIpc) is 2.30. The van der Waals surface area contributed by atoms with E-state index in [9.17, 15) is 15.0 Å². The number of aromatic hydroxyl groups is 1. The highest BCUT2D eigenvalue weighted by molar-refractivity contribution is 5.83. The quantitative estimate of drug-likeness (QED) is 0.843. The van der Waals surface area contributed by atoms with Crippen molar-refractivity contribution in [2.75, 3.05) is 0 Å². The third kappa shape index (κ3) is 1.46. The summed E-state index contributed by atoms with van der Waals surface area (Å²) in [4.78, 5) is 11.6. The number of benzene rings is 1. The summed E-state index contributed by atoms with van der Waals surface area (Å²) < 4.78 is 0. The van der Waals surface area contributed by atoms with Crippen molar-refractivity contribution in [2.45, 2.75) is 50.4 Å². The number of phenols is 1. The van der Waals surface area contributed by atoms with E-state index >= 15 is 0 Å².